The van der Waals surface area contributed by atoms with Crippen molar-refractivity contribution >= 4 is 11.4 Å². The standard InChI is InChI=1S/C19H24N2O2/c1-19(2)14-21(17-13-15(20)9-10-18(17)23-19)11-6-12-22-16-7-4-3-5-8-16/h3-5,7-10,13H,6,11-12,14,20H2,1-2H3. The smallest absolute Gasteiger partial charge is 0.143 e. The molecule has 2 aromatic carbocycles. The summed E-state index contributed by atoms with van der Waals surface area (Å²) in [7, 11) is 0. The number of fused-ring (bicyclic) bond motifs is 1. The molecule has 2 aromatic rings. The molecule has 0 aromatic heterocycles. The van der Waals surface area contributed by atoms with Crippen molar-refractivity contribution in [3.05, 3.63) is 48.5 Å². The highest BCUT2D eigenvalue weighted by atomic mass is 16.5. The quantitative estimate of drug-likeness (QED) is 0.675. The summed E-state index contributed by atoms with van der Waals surface area (Å²) >= 11 is 0. The van der Waals surface area contributed by atoms with Crippen LogP contribution >= 0.6 is 0 Å². The lowest BCUT2D eigenvalue weighted by molar-refractivity contribution is 0.104. The molecule has 3 rings (SSSR count). The molecule has 0 amide bonds. The lowest BCUT2D eigenvalue weighted by Gasteiger charge is -2.41. The molecular formula is C19H24N2O2. The van der Waals surface area contributed by atoms with Crippen molar-refractivity contribution in [1.82, 2.24) is 0 Å². The Morgan fingerprint density at radius 1 is 1.17 bits per heavy atom. The van der Waals surface area contributed by atoms with Crippen LogP contribution in [0.2, 0.25) is 0 Å². The molecule has 4 nitrogen and oxygen atoms in total. The minimum Gasteiger partial charge on any atom is -0.494 e. The van der Waals surface area contributed by atoms with Crippen LogP contribution in [0, 0.1) is 0 Å². The predicted octanol–water partition coefficient (Wildman–Crippen LogP) is 3.72. The van der Waals surface area contributed by atoms with E-state index in [1.807, 2.05) is 48.5 Å². The molecule has 0 fully saturated rings. The maximum atomic E-state index is 6.05. The number of anilines is 2. The van der Waals surface area contributed by atoms with E-state index in [0.29, 0.717) is 6.61 Å². The Labute approximate surface area is 137 Å². The highest BCUT2D eigenvalue weighted by molar-refractivity contribution is 5.66. The molecule has 0 radical (unpaired) electrons. The second kappa shape index (κ2) is 6.41. The number of benzene rings is 2. The molecule has 0 saturated carbocycles. The number of hydrogen-bond donors (Lipinski definition) is 1. The number of rotatable bonds is 5. The highest BCUT2D eigenvalue weighted by Crippen LogP contribution is 2.38. The van der Waals surface area contributed by atoms with Crippen LogP contribution in [0.1, 0.15) is 20.3 Å². The van der Waals surface area contributed by atoms with E-state index < -0.39 is 0 Å². The first-order valence-corrected chi connectivity index (χ1v) is 8.05. The van der Waals surface area contributed by atoms with E-state index in [0.717, 1.165) is 42.4 Å². The van der Waals surface area contributed by atoms with E-state index in [2.05, 4.69) is 18.7 Å². The molecule has 2 N–H and O–H groups in total. The molecule has 1 aliphatic rings. The molecule has 1 aliphatic heterocycles. The van der Waals surface area contributed by atoms with Gasteiger partial charge in [0.25, 0.3) is 0 Å². The number of para-hydroxylation sites is 1. The third kappa shape index (κ3) is 3.89. The van der Waals surface area contributed by atoms with Gasteiger partial charge in [-0.3, -0.25) is 0 Å². The summed E-state index contributed by atoms with van der Waals surface area (Å²) in [6, 6.07) is 15.8. The molecule has 0 spiro atoms. The fourth-order valence-corrected chi connectivity index (χ4v) is 2.90. The third-order valence-electron chi connectivity index (χ3n) is 3.87. The molecule has 0 saturated heterocycles. The Morgan fingerprint density at radius 3 is 2.74 bits per heavy atom. The van der Waals surface area contributed by atoms with Crippen LogP contribution in [-0.2, 0) is 0 Å². The monoisotopic (exact) mass is 312 g/mol. The first-order valence-electron chi connectivity index (χ1n) is 8.05. The fourth-order valence-electron chi connectivity index (χ4n) is 2.90. The van der Waals surface area contributed by atoms with Gasteiger partial charge in [-0.25, -0.2) is 0 Å². The summed E-state index contributed by atoms with van der Waals surface area (Å²) in [5.74, 6) is 1.82. The van der Waals surface area contributed by atoms with Crippen LogP contribution in [0.5, 0.6) is 11.5 Å². The van der Waals surface area contributed by atoms with Crippen LogP contribution in [0.4, 0.5) is 11.4 Å². The lowest BCUT2D eigenvalue weighted by atomic mass is 10.0. The molecule has 1 heterocycles. The van der Waals surface area contributed by atoms with Gasteiger partial charge in [-0.15, -0.1) is 0 Å². The third-order valence-corrected chi connectivity index (χ3v) is 3.87. The zero-order valence-corrected chi connectivity index (χ0v) is 13.8. The van der Waals surface area contributed by atoms with Crippen LogP contribution in [-0.4, -0.2) is 25.3 Å². The van der Waals surface area contributed by atoms with Crippen LogP contribution in [0.25, 0.3) is 0 Å². The maximum absolute atomic E-state index is 6.05. The fraction of sp³-hybridized carbons (Fsp3) is 0.368. The van der Waals surface area contributed by atoms with E-state index in [9.17, 15) is 0 Å². The summed E-state index contributed by atoms with van der Waals surface area (Å²) in [5, 5.41) is 0. The van der Waals surface area contributed by atoms with Gasteiger partial charge in [-0.2, -0.15) is 0 Å². The van der Waals surface area contributed by atoms with E-state index >= 15 is 0 Å². The summed E-state index contributed by atoms with van der Waals surface area (Å²) in [4.78, 5) is 2.34. The van der Waals surface area contributed by atoms with Crippen molar-refractivity contribution < 1.29 is 9.47 Å². The van der Waals surface area contributed by atoms with Gasteiger partial charge in [0.2, 0.25) is 0 Å². The Balaban J connectivity index is 1.62. The zero-order valence-electron chi connectivity index (χ0n) is 13.8. The molecule has 0 unspecified atom stereocenters. The van der Waals surface area contributed by atoms with Gasteiger partial charge < -0.3 is 20.1 Å². The van der Waals surface area contributed by atoms with Crippen molar-refractivity contribution in [3.8, 4) is 11.5 Å². The molecule has 0 aliphatic carbocycles. The maximum Gasteiger partial charge on any atom is 0.143 e. The van der Waals surface area contributed by atoms with Gasteiger partial charge in [0, 0.05) is 12.2 Å². The van der Waals surface area contributed by atoms with Crippen molar-refractivity contribution in [2.75, 3.05) is 30.3 Å². The molecule has 0 bridgehead atoms. The van der Waals surface area contributed by atoms with Gasteiger partial charge in [0.1, 0.15) is 17.1 Å². The minimum atomic E-state index is -0.205. The molecular weight excluding hydrogens is 288 g/mol. The lowest BCUT2D eigenvalue weighted by Crippen LogP contribution is -2.47. The minimum absolute atomic E-state index is 0.205. The van der Waals surface area contributed by atoms with E-state index in [4.69, 9.17) is 15.2 Å². The Morgan fingerprint density at radius 2 is 1.96 bits per heavy atom. The normalized spacial score (nSPS) is 15.7. The van der Waals surface area contributed by atoms with E-state index in [-0.39, 0.29) is 5.60 Å². The summed E-state index contributed by atoms with van der Waals surface area (Å²) in [6.45, 7) is 6.67. The van der Waals surface area contributed by atoms with Gasteiger partial charge in [-0.05, 0) is 50.6 Å². The first-order chi connectivity index (χ1) is 11.0. The van der Waals surface area contributed by atoms with Gasteiger partial charge >= 0.3 is 0 Å². The number of hydrogen-bond acceptors (Lipinski definition) is 4. The van der Waals surface area contributed by atoms with Gasteiger partial charge in [0.05, 0.1) is 18.8 Å². The second-order valence-corrected chi connectivity index (χ2v) is 6.53. The van der Waals surface area contributed by atoms with E-state index in [1.165, 1.54) is 0 Å². The number of nitrogen functional groups attached to an aromatic ring is 1. The summed E-state index contributed by atoms with van der Waals surface area (Å²) in [5.41, 5.74) is 7.57. The SMILES string of the molecule is CC1(C)CN(CCCOc2ccccc2)c2cc(N)ccc2O1. The van der Waals surface area contributed by atoms with Crippen LogP contribution in [0.3, 0.4) is 0 Å². The summed E-state index contributed by atoms with van der Waals surface area (Å²) < 4.78 is 11.8. The van der Waals surface area contributed by atoms with Crippen molar-refractivity contribution in [1.29, 1.82) is 0 Å². The Bertz CT molecular complexity index is 656. The molecule has 23 heavy (non-hydrogen) atoms. The van der Waals surface area contributed by atoms with Gasteiger partial charge in [0.15, 0.2) is 0 Å². The summed E-state index contributed by atoms with van der Waals surface area (Å²) in [6.07, 6.45) is 0.944. The van der Waals surface area contributed by atoms with Crippen LogP contribution < -0.4 is 20.1 Å². The Kier molecular flexibility index (Phi) is 4.33. The van der Waals surface area contributed by atoms with Crippen molar-refractivity contribution in [2.24, 2.45) is 0 Å². The predicted molar refractivity (Wildman–Crippen MR) is 94.3 cm³/mol. The average Bonchev–Trinajstić information content (AvgIpc) is 2.52. The number of nitrogens with two attached hydrogens (primary N) is 1. The highest BCUT2D eigenvalue weighted by Gasteiger charge is 2.31. The molecule has 4 heteroatoms. The number of nitrogens with zero attached hydrogens (tertiary/aromatic N) is 1. The molecule has 0 atom stereocenters. The van der Waals surface area contributed by atoms with Crippen molar-refractivity contribution in [2.45, 2.75) is 25.9 Å². The largest absolute Gasteiger partial charge is 0.494 e. The second-order valence-electron chi connectivity index (χ2n) is 6.53. The van der Waals surface area contributed by atoms with Crippen molar-refractivity contribution in [3.63, 3.8) is 0 Å². The average molecular weight is 312 g/mol. The molecule has 122 valence electrons. The first kappa shape index (κ1) is 15.5. The Hall–Kier alpha value is -2.36. The van der Waals surface area contributed by atoms with Gasteiger partial charge in [-0.1, -0.05) is 18.2 Å². The topological polar surface area (TPSA) is 47.7 Å². The van der Waals surface area contributed by atoms with E-state index in [1.54, 1.807) is 0 Å². The van der Waals surface area contributed by atoms with Crippen LogP contribution in [0.15, 0.2) is 48.5 Å². The number of ether oxygens (including phenoxy) is 2. The zero-order chi connectivity index (χ0) is 16.3.